The lowest BCUT2D eigenvalue weighted by molar-refractivity contribution is -0.152. The summed E-state index contributed by atoms with van der Waals surface area (Å²) in [6.45, 7) is 3.82. The first kappa shape index (κ1) is 16.4. The maximum absolute atomic E-state index is 11.6. The Morgan fingerprint density at radius 3 is 2.80 bits per heavy atom. The monoisotopic (exact) mass is 338 g/mol. The minimum atomic E-state index is -0.159. The van der Waals surface area contributed by atoms with Crippen LogP contribution in [0.1, 0.15) is 57.1 Å². The largest absolute Gasteiger partial charge is 0.497 e. The third kappa shape index (κ3) is 2.61. The number of carbonyl (C=O) groups is 1. The van der Waals surface area contributed by atoms with Crippen LogP contribution in [0.15, 0.2) is 35.4 Å². The predicted octanol–water partition coefficient (Wildman–Crippen LogP) is 4.85. The van der Waals surface area contributed by atoms with E-state index in [2.05, 4.69) is 31.2 Å². The summed E-state index contributed by atoms with van der Waals surface area (Å²) in [6, 6.07) is 6.47. The van der Waals surface area contributed by atoms with Crippen LogP contribution in [0, 0.1) is 5.41 Å². The molecule has 0 heterocycles. The molecule has 25 heavy (non-hydrogen) atoms. The Morgan fingerprint density at radius 1 is 1.20 bits per heavy atom. The van der Waals surface area contributed by atoms with Crippen molar-refractivity contribution >= 4 is 11.5 Å². The summed E-state index contributed by atoms with van der Waals surface area (Å²) in [5.74, 6) is 0.781. The zero-order chi connectivity index (χ0) is 17.6. The molecule has 2 atom stereocenters. The molecule has 1 aromatic rings. The normalized spacial score (nSPS) is 27.6. The van der Waals surface area contributed by atoms with E-state index < -0.39 is 0 Å². The number of rotatable bonds is 2. The Labute approximate surface area is 149 Å². The molecule has 0 fully saturated rings. The first-order valence-electron chi connectivity index (χ1n) is 9.30. The third-order valence-electron chi connectivity index (χ3n) is 6.28. The summed E-state index contributed by atoms with van der Waals surface area (Å²) >= 11 is 0. The van der Waals surface area contributed by atoms with E-state index in [0.29, 0.717) is 0 Å². The lowest BCUT2D eigenvalue weighted by atomic mass is 9.60. The third-order valence-corrected chi connectivity index (χ3v) is 6.28. The van der Waals surface area contributed by atoms with Gasteiger partial charge in [-0.1, -0.05) is 19.1 Å². The zero-order valence-electron chi connectivity index (χ0n) is 15.4. The van der Waals surface area contributed by atoms with E-state index in [0.717, 1.165) is 44.3 Å². The first-order valence-corrected chi connectivity index (χ1v) is 9.30. The van der Waals surface area contributed by atoms with Crippen LogP contribution < -0.4 is 4.74 Å². The zero-order valence-corrected chi connectivity index (χ0v) is 15.4. The highest BCUT2D eigenvalue weighted by atomic mass is 16.5. The summed E-state index contributed by atoms with van der Waals surface area (Å²) in [7, 11) is 1.73. The average molecular weight is 338 g/mol. The van der Waals surface area contributed by atoms with Crippen LogP contribution in [-0.4, -0.2) is 19.2 Å². The summed E-state index contributed by atoms with van der Waals surface area (Å²) in [6.07, 6.45) is 8.58. The highest BCUT2D eigenvalue weighted by molar-refractivity contribution is 5.79. The van der Waals surface area contributed by atoms with E-state index in [1.807, 2.05) is 0 Å². The van der Waals surface area contributed by atoms with Crippen LogP contribution in [0.4, 0.5) is 0 Å². The molecular weight excluding hydrogens is 312 g/mol. The maximum atomic E-state index is 11.6. The highest BCUT2D eigenvalue weighted by Gasteiger charge is 2.46. The number of hydrogen-bond donors (Lipinski definition) is 0. The number of ether oxygens (including phenoxy) is 2. The molecule has 132 valence electrons. The van der Waals surface area contributed by atoms with Crippen molar-refractivity contribution in [3.8, 4) is 5.75 Å². The molecule has 0 N–H and O–H groups in total. The second-order valence-electron chi connectivity index (χ2n) is 7.69. The molecule has 3 nitrogen and oxygen atoms in total. The number of benzene rings is 1. The Kier molecular flexibility index (Phi) is 3.98. The van der Waals surface area contributed by atoms with Crippen molar-refractivity contribution in [1.29, 1.82) is 0 Å². The Bertz CT molecular complexity index is 786. The van der Waals surface area contributed by atoms with Crippen molar-refractivity contribution in [3.63, 3.8) is 0 Å². The van der Waals surface area contributed by atoms with E-state index in [1.54, 1.807) is 7.11 Å². The molecule has 4 rings (SSSR count). The Morgan fingerprint density at radius 2 is 2.04 bits per heavy atom. The van der Waals surface area contributed by atoms with Gasteiger partial charge in [-0.25, -0.2) is 0 Å². The molecule has 0 bridgehead atoms. The van der Waals surface area contributed by atoms with Crippen LogP contribution in [0.5, 0.6) is 5.75 Å². The van der Waals surface area contributed by atoms with Gasteiger partial charge in [-0.3, -0.25) is 4.79 Å². The number of allylic oxidation sites excluding steroid dienone is 3. The van der Waals surface area contributed by atoms with E-state index in [9.17, 15) is 4.79 Å². The SMILES string of the molecule is COc1ccc2c(c1)CCC1=C2CC[C@@]2(C)C1=CCC[C@@H]2OC(C)=O. The summed E-state index contributed by atoms with van der Waals surface area (Å²) in [5.41, 5.74) is 7.19. The average Bonchev–Trinajstić information content (AvgIpc) is 2.61. The van der Waals surface area contributed by atoms with Crippen molar-refractivity contribution < 1.29 is 14.3 Å². The number of aryl methyl sites for hydroxylation is 1. The molecule has 0 radical (unpaired) electrons. The minimum absolute atomic E-state index is 0.0105. The van der Waals surface area contributed by atoms with Crippen molar-refractivity contribution in [2.24, 2.45) is 5.41 Å². The standard InChI is InChI=1S/C22H26O3/c1-14(23)25-21-6-4-5-20-19-9-7-15-13-16(24-3)8-10-17(15)18(19)11-12-22(20,21)2/h5,8,10,13,21H,4,6-7,9,11-12H2,1-3H3/t21-,22-/m0/s1. The molecule has 1 aromatic carbocycles. The van der Waals surface area contributed by atoms with Gasteiger partial charge in [0.1, 0.15) is 11.9 Å². The predicted molar refractivity (Wildman–Crippen MR) is 98.4 cm³/mol. The molecular formula is C22H26O3. The van der Waals surface area contributed by atoms with Gasteiger partial charge in [-0.15, -0.1) is 0 Å². The number of fused-ring (bicyclic) bond motifs is 4. The molecule has 3 aliphatic carbocycles. The molecule has 3 heteroatoms. The molecule has 0 aliphatic heterocycles. The second kappa shape index (κ2) is 6.05. The maximum Gasteiger partial charge on any atom is 0.302 e. The van der Waals surface area contributed by atoms with Gasteiger partial charge >= 0.3 is 5.97 Å². The molecule has 0 amide bonds. The topological polar surface area (TPSA) is 35.5 Å². The molecule has 0 aromatic heterocycles. The van der Waals surface area contributed by atoms with Crippen molar-refractivity contribution in [3.05, 3.63) is 46.5 Å². The Hall–Kier alpha value is -2.03. The molecule has 0 saturated heterocycles. The number of methoxy groups -OCH3 is 1. The molecule has 3 aliphatic rings. The summed E-state index contributed by atoms with van der Waals surface area (Å²) < 4.78 is 11.1. The lowest BCUT2D eigenvalue weighted by Gasteiger charge is -2.47. The first-order chi connectivity index (χ1) is 12.0. The van der Waals surface area contributed by atoms with E-state index >= 15 is 0 Å². The van der Waals surface area contributed by atoms with Crippen molar-refractivity contribution in [1.82, 2.24) is 0 Å². The van der Waals surface area contributed by atoms with Gasteiger partial charge in [0.05, 0.1) is 7.11 Å². The summed E-state index contributed by atoms with van der Waals surface area (Å²) in [4.78, 5) is 11.6. The van der Waals surface area contributed by atoms with Crippen LogP contribution >= 0.6 is 0 Å². The number of carbonyl (C=O) groups excluding carboxylic acids is 1. The van der Waals surface area contributed by atoms with Crippen molar-refractivity contribution in [2.45, 2.75) is 58.5 Å². The molecule has 0 spiro atoms. The van der Waals surface area contributed by atoms with Gasteiger partial charge in [0.2, 0.25) is 0 Å². The lowest BCUT2D eigenvalue weighted by Crippen LogP contribution is -2.42. The van der Waals surface area contributed by atoms with E-state index in [1.165, 1.54) is 34.8 Å². The van der Waals surface area contributed by atoms with Crippen LogP contribution in [0.3, 0.4) is 0 Å². The molecule has 0 saturated carbocycles. The number of hydrogen-bond acceptors (Lipinski definition) is 3. The van der Waals surface area contributed by atoms with Crippen LogP contribution in [-0.2, 0) is 16.0 Å². The van der Waals surface area contributed by atoms with Crippen LogP contribution in [0.25, 0.3) is 5.57 Å². The van der Waals surface area contributed by atoms with Gasteiger partial charge in [-0.2, -0.15) is 0 Å². The van der Waals surface area contributed by atoms with Crippen molar-refractivity contribution in [2.75, 3.05) is 7.11 Å². The van der Waals surface area contributed by atoms with E-state index in [4.69, 9.17) is 9.47 Å². The minimum Gasteiger partial charge on any atom is -0.497 e. The van der Waals surface area contributed by atoms with Gasteiger partial charge in [0.15, 0.2) is 0 Å². The fraction of sp³-hybridized carbons (Fsp3) is 0.500. The smallest absolute Gasteiger partial charge is 0.302 e. The van der Waals surface area contributed by atoms with Gasteiger partial charge in [0, 0.05) is 12.3 Å². The van der Waals surface area contributed by atoms with Gasteiger partial charge in [0.25, 0.3) is 0 Å². The summed E-state index contributed by atoms with van der Waals surface area (Å²) in [5, 5.41) is 0. The quantitative estimate of drug-likeness (QED) is 0.723. The second-order valence-corrected chi connectivity index (χ2v) is 7.69. The van der Waals surface area contributed by atoms with E-state index in [-0.39, 0.29) is 17.5 Å². The van der Waals surface area contributed by atoms with Gasteiger partial charge < -0.3 is 9.47 Å². The number of esters is 1. The van der Waals surface area contributed by atoms with Crippen LogP contribution in [0.2, 0.25) is 0 Å². The highest BCUT2D eigenvalue weighted by Crippen LogP contribution is 2.55. The molecule has 0 unspecified atom stereocenters. The Balaban J connectivity index is 1.76. The fourth-order valence-electron chi connectivity index (χ4n) is 5.00. The van der Waals surface area contributed by atoms with Gasteiger partial charge in [-0.05, 0) is 78.5 Å². The fourth-order valence-corrected chi connectivity index (χ4v) is 5.00.